The number of halogens is 1. The van der Waals surface area contributed by atoms with E-state index in [1.165, 1.54) is 34.6 Å². The van der Waals surface area contributed by atoms with Gasteiger partial charge in [-0.2, -0.15) is 9.41 Å². The Balaban J connectivity index is 1.77. The lowest BCUT2D eigenvalue weighted by Crippen LogP contribution is -2.28. The molecule has 0 saturated carbocycles. The number of phenolic OH excluding ortho intramolecular Hbond substituents is 1. The molecule has 2 N–H and O–H groups in total. The van der Waals surface area contributed by atoms with E-state index in [1.807, 2.05) is 0 Å². The first-order valence-corrected chi connectivity index (χ1v) is 10.6. The Morgan fingerprint density at radius 2 is 1.97 bits per heavy atom. The quantitative estimate of drug-likeness (QED) is 0.391. The van der Waals surface area contributed by atoms with Crippen molar-refractivity contribution in [2.75, 3.05) is 13.1 Å². The van der Waals surface area contributed by atoms with Crippen LogP contribution in [0.4, 0.5) is 5.69 Å². The number of nitrogens with zero attached hydrogens (tertiary/aromatic N) is 3. The minimum absolute atomic E-state index is 0.00383. The molecule has 158 valence electrons. The van der Waals surface area contributed by atoms with Crippen molar-refractivity contribution in [1.82, 2.24) is 9.73 Å². The van der Waals surface area contributed by atoms with E-state index in [-0.39, 0.29) is 21.0 Å². The number of hydrogen-bond donors (Lipinski definition) is 2. The molecule has 0 atom stereocenters. The van der Waals surface area contributed by atoms with Gasteiger partial charge < -0.3 is 5.11 Å². The molecule has 2 aromatic carbocycles. The predicted molar refractivity (Wildman–Crippen MR) is 109 cm³/mol. The zero-order valence-corrected chi connectivity index (χ0v) is 17.1. The molecule has 1 aliphatic rings. The Hall–Kier alpha value is -3.02. The monoisotopic (exact) mass is 452 g/mol. The first-order chi connectivity index (χ1) is 14.2. The third-order valence-corrected chi connectivity index (χ3v) is 6.56. The minimum Gasteiger partial charge on any atom is -0.502 e. The van der Waals surface area contributed by atoms with E-state index < -0.39 is 32.3 Å². The molecule has 0 aromatic heterocycles. The van der Waals surface area contributed by atoms with Gasteiger partial charge in [-0.3, -0.25) is 14.9 Å². The van der Waals surface area contributed by atoms with Crippen molar-refractivity contribution in [2.45, 2.75) is 17.7 Å². The van der Waals surface area contributed by atoms with Crippen LogP contribution in [0, 0.1) is 10.1 Å². The summed E-state index contributed by atoms with van der Waals surface area (Å²) < 4.78 is 26.6. The molecule has 0 spiro atoms. The van der Waals surface area contributed by atoms with Crippen LogP contribution in [0.2, 0.25) is 5.02 Å². The molecule has 0 unspecified atom stereocenters. The molecule has 0 aliphatic carbocycles. The standard InChI is InChI=1S/C18H17ClN4O6S/c19-14-8-13(17(24)16(10-14)23(26)27)11-20-21-18(25)12-4-3-5-15(9-12)30(28,29)22-6-1-2-7-22/h3-5,8-11,24H,1-2,6-7H2,(H,21,25)/b20-11+. The van der Waals surface area contributed by atoms with Crippen LogP contribution in [0.3, 0.4) is 0 Å². The Labute approximate surface area is 177 Å². The summed E-state index contributed by atoms with van der Waals surface area (Å²) in [6.07, 6.45) is 2.59. The number of carbonyl (C=O) groups is 1. The van der Waals surface area contributed by atoms with Crippen LogP contribution < -0.4 is 5.43 Å². The van der Waals surface area contributed by atoms with Crippen LogP contribution in [0.25, 0.3) is 0 Å². The molecule has 1 aliphatic heterocycles. The summed E-state index contributed by atoms with van der Waals surface area (Å²) in [6, 6.07) is 7.77. The molecule has 2 aromatic rings. The summed E-state index contributed by atoms with van der Waals surface area (Å²) in [4.78, 5) is 22.5. The van der Waals surface area contributed by atoms with Crippen LogP contribution in [-0.4, -0.2) is 48.0 Å². The van der Waals surface area contributed by atoms with E-state index in [9.17, 15) is 28.4 Å². The number of benzene rings is 2. The second-order valence-electron chi connectivity index (χ2n) is 6.46. The second-order valence-corrected chi connectivity index (χ2v) is 8.83. The van der Waals surface area contributed by atoms with Crippen LogP contribution >= 0.6 is 11.6 Å². The van der Waals surface area contributed by atoms with Gasteiger partial charge in [0.25, 0.3) is 5.91 Å². The third-order valence-electron chi connectivity index (χ3n) is 4.45. The molecule has 1 fully saturated rings. The summed E-state index contributed by atoms with van der Waals surface area (Å²) in [7, 11) is -3.68. The average molecular weight is 453 g/mol. The van der Waals surface area contributed by atoms with Crippen LogP contribution in [0.1, 0.15) is 28.8 Å². The molecule has 1 heterocycles. The molecule has 0 bridgehead atoms. The second kappa shape index (κ2) is 8.78. The Kier molecular flexibility index (Phi) is 6.34. The number of hydrogen-bond acceptors (Lipinski definition) is 7. The van der Waals surface area contributed by atoms with Crippen LogP contribution in [0.5, 0.6) is 5.75 Å². The largest absolute Gasteiger partial charge is 0.502 e. The van der Waals surface area contributed by atoms with E-state index in [0.717, 1.165) is 25.1 Å². The van der Waals surface area contributed by atoms with E-state index in [1.54, 1.807) is 0 Å². The maximum absolute atomic E-state index is 12.6. The fourth-order valence-electron chi connectivity index (χ4n) is 2.94. The molecule has 12 heteroatoms. The Bertz CT molecular complexity index is 1130. The number of aromatic hydroxyl groups is 1. The highest BCUT2D eigenvalue weighted by molar-refractivity contribution is 7.89. The summed E-state index contributed by atoms with van der Waals surface area (Å²) >= 11 is 5.79. The SMILES string of the molecule is O=C(N/N=C/c1cc(Cl)cc([N+](=O)[O-])c1O)c1cccc(S(=O)(=O)N2CCCC2)c1. The first-order valence-electron chi connectivity index (χ1n) is 8.80. The van der Waals surface area contributed by atoms with E-state index in [0.29, 0.717) is 13.1 Å². The smallest absolute Gasteiger partial charge is 0.312 e. The number of hydrazone groups is 1. The topological polar surface area (TPSA) is 142 Å². The van der Waals surface area contributed by atoms with Gasteiger partial charge in [0.05, 0.1) is 16.0 Å². The molecule has 0 radical (unpaired) electrons. The van der Waals surface area contributed by atoms with E-state index in [2.05, 4.69) is 10.5 Å². The van der Waals surface area contributed by atoms with Gasteiger partial charge in [0.2, 0.25) is 15.8 Å². The van der Waals surface area contributed by atoms with Crippen molar-refractivity contribution in [3.05, 3.63) is 62.7 Å². The highest BCUT2D eigenvalue weighted by atomic mass is 35.5. The molecular formula is C18H17ClN4O6S. The van der Waals surface area contributed by atoms with Gasteiger partial charge >= 0.3 is 5.69 Å². The van der Waals surface area contributed by atoms with Gasteiger partial charge in [0, 0.05) is 35.3 Å². The number of nitrogens with one attached hydrogen (secondary N) is 1. The lowest BCUT2D eigenvalue weighted by molar-refractivity contribution is -0.385. The summed E-state index contributed by atoms with van der Waals surface area (Å²) in [5.74, 6) is -1.35. The molecular weight excluding hydrogens is 436 g/mol. The lowest BCUT2D eigenvalue weighted by Gasteiger charge is -2.15. The summed E-state index contributed by atoms with van der Waals surface area (Å²) in [5, 5.41) is 24.5. The number of nitro groups is 1. The van der Waals surface area contributed by atoms with Crippen molar-refractivity contribution >= 4 is 39.4 Å². The molecule has 1 amide bonds. The average Bonchev–Trinajstić information content (AvgIpc) is 3.26. The minimum atomic E-state index is -3.68. The summed E-state index contributed by atoms with van der Waals surface area (Å²) in [5.41, 5.74) is 1.58. The summed E-state index contributed by atoms with van der Waals surface area (Å²) in [6.45, 7) is 0.886. The van der Waals surface area contributed by atoms with Crippen LogP contribution in [-0.2, 0) is 10.0 Å². The number of nitro benzene ring substituents is 1. The number of sulfonamides is 1. The van der Waals surface area contributed by atoms with Crippen molar-refractivity contribution in [1.29, 1.82) is 0 Å². The number of carbonyl (C=O) groups excluding carboxylic acids is 1. The van der Waals surface area contributed by atoms with Gasteiger partial charge in [-0.05, 0) is 37.1 Å². The molecule has 10 nitrogen and oxygen atoms in total. The zero-order chi connectivity index (χ0) is 21.9. The van der Waals surface area contributed by atoms with Crippen molar-refractivity contribution < 1.29 is 23.2 Å². The van der Waals surface area contributed by atoms with E-state index in [4.69, 9.17) is 11.6 Å². The highest BCUT2D eigenvalue weighted by Crippen LogP contribution is 2.32. The number of amides is 1. The maximum atomic E-state index is 12.6. The van der Waals surface area contributed by atoms with Gasteiger partial charge in [-0.25, -0.2) is 13.8 Å². The number of rotatable bonds is 6. The van der Waals surface area contributed by atoms with Gasteiger partial charge in [-0.15, -0.1) is 0 Å². The maximum Gasteiger partial charge on any atom is 0.312 e. The fourth-order valence-corrected chi connectivity index (χ4v) is 4.73. The molecule has 3 rings (SSSR count). The Morgan fingerprint density at radius 3 is 2.63 bits per heavy atom. The van der Waals surface area contributed by atoms with E-state index >= 15 is 0 Å². The van der Waals surface area contributed by atoms with Gasteiger partial charge in [-0.1, -0.05) is 17.7 Å². The molecule has 1 saturated heterocycles. The normalized spacial score (nSPS) is 14.8. The number of phenols is 1. The first kappa shape index (κ1) is 21.7. The third kappa shape index (κ3) is 4.58. The van der Waals surface area contributed by atoms with Crippen molar-refractivity contribution in [3.8, 4) is 5.75 Å². The fraction of sp³-hybridized carbons (Fsp3) is 0.222. The predicted octanol–water partition coefficient (Wildman–Crippen LogP) is 2.50. The zero-order valence-electron chi connectivity index (χ0n) is 15.5. The van der Waals surface area contributed by atoms with Crippen molar-refractivity contribution in [2.24, 2.45) is 5.10 Å². The van der Waals surface area contributed by atoms with Crippen LogP contribution in [0.15, 0.2) is 46.4 Å². The highest BCUT2D eigenvalue weighted by Gasteiger charge is 2.27. The van der Waals surface area contributed by atoms with Gasteiger partial charge in [0.15, 0.2) is 0 Å². The molecule has 30 heavy (non-hydrogen) atoms. The van der Waals surface area contributed by atoms with Gasteiger partial charge in [0.1, 0.15) is 0 Å². The lowest BCUT2D eigenvalue weighted by atomic mass is 10.2. The Morgan fingerprint density at radius 1 is 1.27 bits per heavy atom. The van der Waals surface area contributed by atoms with Crippen molar-refractivity contribution in [3.63, 3.8) is 0 Å².